The molecule has 0 saturated carbocycles. The van der Waals surface area contributed by atoms with E-state index in [0.29, 0.717) is 26.4 Å². The van der Waals surface area contributed by atoms with Gasteiger partial charge in [-0.25, -0.2) is 4.79 Å². The van der Waals surface area contributed by atoms with Crippen molar-refractivity contribution in [2.24, 2.45) is 0 Å². The van der Waals surface area contributed by atoms with E-state index in [4.69, 9.17) is 14.6 Å². The number of rotatable bonds is 3. The SMILES string of the molecule is O=C1O[C@H](CO)CN1CN1CCOCC1.S. The highest BCUT2D eigenvalue weighted by Gasteiger charge is 2.31. The van der Waals surface area contributed by atoms with E-state index in [1.807, 2.05) is 0 Å². The number of carbonyl (C=O) groups is 1. The van der Waals surface area contributed by atoms with Gasteiger partial charge in [0.1, 0.15) is 6.10 Å². The zero-order chi connectivity index (χ0) is 10.7. The molecule has 0 aromatic heterocycles. The van der Waals surface area contributed by atoms with Crippen molar-refractivity contribution < 1.29 is 19.4 Å². The smallest absolute Gasteiger partial charge is 0.411 e. The van der Waals surface area contributed by atoms with Crippen molar-refractivity contribution in [3.63, 3.8) is 0 Å². The lowest BCUT2D eigenvalue weighted by Gasteiger charge is -2.29. The Hall–Kier alpha value is -0.500. The Morgan fingerprint density at radius 2 is 2.06 bits per heavy atom. The lowest BCUT2D eigenvalue weighted by Crippen LogP contribution is -2.44. The number of nitrogens with zero attached hydrogens (tertiary/aromatic N) is 2. The number of carbonyl (C=O) groups excluding carboxylic acids is 1. The van der Waals surface area contributed by atoms with Crippen LogP contribution in [-0.4, -0.2) is 73.2 Å². The number of cyclic esters (lactones) is 1. The van der Waals surface area contributed by atoms with Crippen LogP contribution >= 0.6 is 13.5 Å². The molecule has 2 saturated heterocycles. The Balaban J connectivity index is 0.00000128. The largest absolute Gasteiger partial charge is 0.442 e. The second kappa shape index (κ2) is 6.29. The Bertz CT molecular complexity index is 236. The van der Waals surface area contributed by atoms with Crippen LogP contribution in [0.25, 0.3) is 0 Å². The topological polar surface area (TPSA) is 62.2 Å². The first kappa shape index (κ1) is 13.6. The summed E-state index contributed by atoms with van der Waals surface area (Å²) in [7, 11) is 0. The predicted molar refractivity (Wildman–Crippen MR) is 61.7 cm³/mol. The summed E-state index contributed by atoms with van der Waals surface area (Å²) in [4.78, 5) is 15.1. The van der Waals surface area contributed by atoms with E-state index < -0.39 is 0 Å². The molecule has 1 N–H and O–H groups in total. The summed E-state index contributed by atoms with van der Waals surface area (Å²) in [6.07, 6.45) is -0.695. The normalized spacial score (nSPS) is 26.4. The number of aliphatic hydroxyl groups is 1. The molecule has 0 aliphatic carbocycles. The molecule has 94 valence electrons. The highest BCUT2D eigenvalue weighted by atomic mass is 32.1. The van der Waals surface area contributed by atoms with Crippen LogP contribution in [0.5, 0.6) is 0 Å². The number of hydrogen-bond donors (Lipinski definition) is 1. The molecule has 0 bridgehead atoms. The van der Waals surface area contributed by atoms with Crippen LogP contribution in [0.15, 0.2) is 0 Å². The van der Waals surface area contributed by atoms with Gasteiger partial charge in [-0.3, -0.25) is 9.80 Å². The average Bonchev–Trinajstić information content (AvgIpc) is 2.61. The van der Waals surface area contributed by atoms with Gasteiger partial charge in [-0.1, -0.05) is 0 Å². The Labute approximate surface area is 102 Å². The summed E-state index contributed by atoms with van der Waals surface area (Å²) in [6.45, 7) is 4.05. The van der Waals surface area contributed by atoms with Crippen LogP contribution < -0.4 is 0 Å². The fraction of sp³-hybridized carbons (Fsp3) is 0.889. The maximum Gasteiger partial charge on any atom is 0.411 e. The molecule has 6 nitrogen and oxygen atoms in total. The lowest BCUT2D eigenvalue weighted by molar-refractivity contribution is 0.0186. The van der Waals surface area contributed by atoms with Crippen molar-refractivity contribution >= 4 is 19.6 Å². The number of amides is 1. The van der Waals surface area contributed by atoms with Crippen LogP contribution in [0, 0.1) is 0 Å². The fourth-order valence-electron chi connectivity index (χ4n) is 1.77. The second-order valence-electron chi connectivity index (χ2n) is 3.78. The van der Waals surface area contributed by atoms with Crippen molar-refractivity contribution in [2.45, 2.75) is 6.10 Å². The van der Waals surface area contributed by atoms with Gasteiger partial charge in [-0.05, 0) is 0 Å². The van der Waals surface area contributed by atoms with Crippen LogP contribution in [0.2, 0.25) is 0 Å². The van der Waals surface area contributed by atoms with E-state index in [1.54, 1.807) is 4.90 Å². The quantitative estimate of drug-likeness (QED) is 0.710. The van der Waals surface area contributed by atoms with Gasteiger partial charge in [-0.15, -0.1) is 0 Å². The van der Waals surface area contributed by atoms with Crippen molar-refractivity contribution in [2.75, 3.05) is 46.1 Å². The molecule has 0 aromatic carbocycles. The van der Waals surface area contributed by atoms with Crippen LogP contribution in [0.4, 0.5) is 4.79 Å². The first-order chi connectivity index (χ1) is 7.29. The van der Waals surface area contributed by atoms with Crippen molar-refractivity contribution in [1.29, 1.82) is 0 Å². The molecule has 1 atom stereocenters. The first-order valence-corrected chi connectivity index (χ1v) is 5.16. The number of hydrogen-bond acceptors (Lipinski definition) is 5. The number of morpholine rings is 1. The minimum atomic E-state index is -0.362. The highest BCUT2D eigenvalue weighted by Crippen LogP contribution is 2.11. The third kappa shape index (κ3) is 3.24. The summed E-state index contributed by atoms with van der Waals surface area (Å²) in [5.74, 6) is 0. The molecule has 0 spiro atoms. The predicted octanol–water partition coefficient (Wildman–Crippen LogP) is -0.798. The lowest BCUT2D eigenvalue weighted by atomic mass is 10.4. The Morgan fingerprint density at radius 1 is 1.38 bits per heavy atom. The maximum absolute atomic E-state index is 11.4. The molecule has 2 rings (SSSR count). The maximum atomic E-state index is 11.4. The molecular formula is C9H18N2O4S. The monoisotopic (exact) mass is 250 g/mol. The minimum Gasteiger partial charge on any atom is -0.442 e. The van der Waals surface area contributed by atoms with Crippen LogP contribution in [0.3, 0.4) is 0 Å². The molecule has 0 unspecified atom stereocenters. The van der Waals surface area contributed by atoms with Crippen molar-refractivity contribution in [1.82, 2.24) is 9.80 Å². The third-order valence-corrected chi connectivity index (χ3v) is 2.63. The van der Waals surface area contributed by atoms with E-state index in [2.05, 4.69) is 4.90 Å². The van der Waals surface area contributed by atoms with E-state index in [0.717, 1.165) is 13.1 Å². The highest BCUT2D eigenvalue weighted by molar-refractivity contribution is 7.59. The van der Waals surface area contributed by atoms with Crippen molar-refractivity contribution in [3.05, 3.63) is 0 Å². The zero-order valence-electron chi connectivity index (χ0n) is 9.09. The summed E-state index contributed by atoms with van der Waals surface area (Å²) in [6, 6.07) is 0. The molecule has 2 heterocycles. The standard InChI is InChI=1S/C9H16N2O4.H2S/c12-6-8-5-11(9(13)15-8)7-10-1-3-14-4-2-10;/h8,12H,1-7H2;1H2/t8-;/m0./s1. The molecule has 2 fully saturated rings. The van der Waals surface area contributed by atoms with Crippen LogP contribution in [0.1, 0.15) is 0 Å². The minimum absolute atomic E-state index is 0. The molecule has 7 heteroatoms. The van der Waals surface area contributed by atoms with Crippen molar-refractivity contribution in [3.8, 4) is 0 Å². The molecule has 1 amide bonds. The van der Waals surface area contributed by atoms with Gasteiger partial charge >= 0.3 is 6.09 Å². The number of ether oxygens (including phenoxy) is 2. The average molecular weight is 250 g/mol. The first-order valence-electron chi connectivity index (χ1n) is 5.16. The van der Waals surface area contributed by atoms with Gasteiger partial charge in [-0.2, -0.15) is 13.5 Å². The molecule has 0 aromatic rings. The van der Waals surface area contributed by atoms with E-state index in [-0.39, 0.29) is 32.3 Å². The van der Waals surface area contributed by atoms with E-state index in [1.165, 1.54) is 0 Å². The summed E-state index contributed by atoms with van der Waals surface area (Å²) in [5.41, 5.74) is 0. The molecule has 16 heavy (non-hydrogen) atoms. The van der Waals surface area contributed by atoms with Gasteiger partial charge in [0.2, 0.25) is 0 Å². The fourth-order valence-corrected chi connectivity index (χ4v) is 1.77. The van der Waals surface area contributed by atoms with Gasteiger partial charge in [0.25, 0.3) is 0 Å². The Morgan fingerprint density at radius 3 is 2.62 bits per heavy atom. The molecule has 2 aliphatic heterocycles. The van der Waals surface area contributed by atoms with E-state index >= 15 is 0 Å². The number of aliphatic hydroxyl groups excluding tert-OH is 1. The summed E-state index contributed by atoms with van der Waals surface area (Å²) >= 11 is 0. The molecule has 0 radical (unpaired) electrons. The third-order valence-electron chi connectivity index (χ3n) is 2.63. The van der Waals surface area contributed by atoms with Gasteiger partial charge in [0.05, 0.1) is 33.0 Å². The van der Waals surface area contributed by atoms with Gasteiger partial charge in [0.15, 0.2) is 0 Å². The Kier molecular flexibility index (Phi) is 5.33. The van der Waals surface area contributed by atoms with Gasteiger partial charge in [0, 0.05) is 13.1 Å². The van der Waals surface area contributed by atoms with Crippen LogP contribution in [-0.2, 0) is 9.47 Å². The van der Waals surface area contributed by atoms with E-state index in [9.17, 15) is 4.79 Å². The zero-order valence-corrected chi connectivity index (χ0v) is 10.1. The molecular weight excluding hydrogens is 232 g/mol. The summed E-state index contributed by atoms with van der Waals surface area (Å²) < 4.78 is 10.2. The second-order valence-corrected chi connectivity index (χ2v) is 3.78. The van der Waals surface area contributed by atoms with Gasteiger partial charge < -0.3 is 14.6 Å². The summed E-state index contributed by atoms with van der Waals surface area (Å²) in [5, 5.41) is 8.87. The molecule has 2 aliphatic rings.